The number of halogens is 3. The monoisotopic (exact) mass is 500 g/mol. The van der Waals surface area contributed by atoms with Gasteiger partial charge in [-0.2, -0.15) is 0 Å². The van der Waals surface area contributed by atoms with Crippen LogP contribution in [0.1, 0.15) is 25.0 Å². The summed E-state index contributed by atoms with van der Waals surface area (Å²) in [6, 6.07) is 9.87. The van der Waals surface area contributed by atoms with E-state index in [9.17, 15) is 9.59 Å². The summed E-state index contributed by atoms with van der Waals surface area (Å²) in [4.78, 5) is 26.8. The number of hydrogen-bond donors (Lipinski definition) is 1. The largest absolute Gasteiger partial charge is 0.484 e. The maximum absolute atomic E-state index is 13.0. The van der Waals surface area contributed by atoms with Gasteiger partial charge in [0.15, 0.2) is 6.61 Å². The Balaban J connectivity index is 2.22. The van der Waals surface area contributed by atoms with E-state index < -0.39 is 6.04 Å². The first-order valence-electron chi connectivity index (χ1n) is 9.13. The molecule has 0 saturated heterocycles. The molecule has 2 aromatic rings. The lowest BCUT2D eigenvalue weighted by atomic mass is 10.1. The van der Waals surface area contributed by atoms with Crippen molar-refractivity contribution in [3.8, 4) is 5.75 Å². The molecule has 0 unspecified atom stereocenters. The zero-order valence-electron chi connectivity index (χ0n) is 16.5. The number of ether oxygens (including phenoxy) is 1. The molecule has 0 aliphatic heterocycles. The number of carbonyl (C=O) groups excluding carboxylic acids is 2. The SMILES string of the molecule is CCNC(=O)[C@@H](C)N(Cc1c(Cl)cccc1Cl)C(=O)COc1ccc(Br)c(C)c1. The van der Waals surface area contributed by atoms with E-state index in [4.69, 9.17) is 27.9 Å². The first-order valence-corrected chi connectivity index (χ1v) is 10.7. The van der Waals surface area contributed by atoms with Gasteiger partial charge in [0.05, 0.1) is 0 Å². The van der Waals surface area contributed by atoms with Gasteiger partial charge in [0.1, 0.15) is 11.8 Å². The second kappa shape index (κ2) is 10.9. The quantitative estimate of drug-likeness (QED) is 0.553. The molecule has 0 aliphatic rings. The molecule has 1 N–H and O–H groups in total. The van der Waals surface area contributed by atoms with Gasteiger partial charge in [-0.25, -0.2) is 0 Å². The molecule has 2 aromatic carbocycles. The molecule has 0 aromatic heterocycles. The van der Waals surface area contributed by atoms with Gasteiger partial charge in [-0.05, 0) is 56.7 Å². The minimum atomic E-state index is -0.718. The first-order chi connectivity index (χ1) is 13.7. The predicted molar refractivity (Wildman–Crippen MR) is 120 cm³/mol. The highest BCUT2D eigenvalue weighted by atomic mass is 79.9. The Hall–Kier alpha value is -1.76. The van der Waals surface area contributed by atoms with Gasteiger partial charge < -0.3 is 15.0 Å². The third kappa shape index (κ3) is 6.36. The fourth-order valence-corrected chi connectivity index (χ4v) is 3.46. The highest BCUT2D eigenvalue weighted by molar-refractivity contribution is 9.10. The summed E-state index contributed by atoms with van der Waals surface area (Å²) >= 11 is 16.0. The molecule has 29 heavy (non-hydrogen) atoms. The van der Waals surface area contributed by atoms with E-state index in [0.717, 1.165) is 10.0 Å². The van der Waals surface area contributed by atoms with Crippen LogP contribution in [0.4, 0.5) is 0 Å². The van der Waals surface area contributed by atoms with Crippen LogP contribution in [-0.2, 0) is 16.1 Å². The van der Waals surface area contributed by atoms with Gasteiger partial charge in [-0.15, -0.1) is 0 Å². The standard InChI is InChI=1S/C21H23BrCl2N2O3/c1-4-25-21(28)14(3)26(11-16-18(23)6-5-7-19(16)24)20(27)12-29-15-8-9-17(22)13(2)10-15/h5-10,14H,4,11-12H2,1-3H3,(H,25,28)/t14-/m1/s1. The molecule has 5 nitrogen and oxygen atoms in total. The summed E-state index contributed by atoms with van der Waals surface area (Å²) < 4.78 is 6.62. The van der Waals surface area contributed by atoms with E-state index in [1.54, 1.807) is 31.2 Å². The van der Waals surface area contributed by atoms with Crippen LogP contribution in [0.3, 0.4) is 0 Å². The van der Waals surface area contributed by atoms with E-state index in [0.29, 0.717) is 27.9 Å². The van der Waals surface area contributed by atoms with E-state index in [-0.39, 0.29) is 25.0 Å². The van der Waals surface area contributed by atoms with E-state index in [1.165, 1.54) is 4.90 Å². The highest BCUT2D eigenvalue weighted by Crippen LogP contribution is 2.27. The van der Waals surface area contributed by atoms with E-state index >= 15 is 0 Å². The number of benzene rings is 2. The molecule has 156 valence electrons. The highest BCUT2D eigenvalue weighted by Gasteiger charge is 2.27. The Morgan fingerprint density at radius 3 is 2.45 bits per heavy atom. The number of nitrogens with zero attached hydrogens (tertiary/aromatic N) is 1. The lowest BCUT2D eigenvalue weighted by Gasteiger charge is -2.29. The summed E-state index contributed by atoms with van der Waals surface area (Å²) in [7, 11) is 0. The van der Waals surface area contributed by atoms with Crippen LogP contribution in [0.15, 0.2) is 40.9 Å². The Morgan fingerprint density at radius 2 is 1.86 bits per heavy atom. The number of likely N-dealkylation sites (N-methyl/N-ethyl adjacent to an activating group) is 1. The minimum Gasteiger partial charge on any atom is -0.484 e. The average molecular weight is 502 g/mol. The Morgan fingerprint density at radius 1 is 1.21 bits per heavy atom. The second-order valence-electron chi connectivity index (χ2n) is 6.49. The van der Waals surface area contributed by atoms with Gasteiger partial charge in [-0.3, -0.25) is 9.59 Å². The van der Waals surface area contributed by atoms with Crippen LogP contribution in [0.5, 0.6) is 5.75 Å². The maximum Gasteiger partial charge on any atom is 0.261 e. The molecule has 0 bridgehead atoms. The Bertz CT molecular complexity index is 872. The maximum atomic E-state index is 13.0. The predicted octanol–water partition coefficient (Wildman–Crippen LogP) is 5.00. The third-order valence-electron chi connectivity index (χ3n) is 4.40. The number of rotatable bonds is 8. The zero-order chi connectivity index (χ0) is 21.6. The minimum absolute atomic E-state index is 0.0956. The molecule has 0 heterocycles. The molecule has 2 amide bonds. The van der Waals surface area contributed by atoms with Crippen molar-refractivity contribution in [2.45, 2.75) is 33.4 Å². The molecule has 0 aliphatic carbocycles. The summed E-state index contributed by atoms with van der Waals surface area (Å²) in [6.45, 7) is 5.76. The average Bonchev–Trinajstić information content (AvgIpc) is 2.68. The summed E-state index contributed by atoms with van der Waals surface area (Å²) in [5.41, 5.74) is 1.57. The van der Waals surface area contributed by atoms with Crippen LogP contribution in [0, 0.1) is 6.92 Å². The molecule has 0 fully saturated rings. The molecular formula is C21H23BrCl2N2O3. The molecule has 0 spiro atoms. The van der Waals surface area contributed by atoms with Crippen molar-refractivity contribution in [1.29, 1.82) is 0 Å². The van der Waals surface area contributed by atoms with E-state index in [2.05, 4.69) is 21.2 Å². The number of carbonyl (C=O) groups is 2. The number of hydrogen-bond acceptors (Lipinski definition) is 3. The van der Waals surface area contributed by atoms with Crippen molar-refractivity contribution in [3.05, 3.63) is 62.0 Å². The van der Waals surface area contributed by atoms with Crippen molar-refractivity contribution in [2.75, 3.05) is 13.2 Å². The lowest BCUT2D eigenvalue weighted by molar-refractivity contribution is -0.142. The van der Waals surface area contributed by atoms with Crippen LogP contribution < -0.4 is 10.1 Å². The van der Waals surface area contributed by atoms with Crippen LogP contribution in [0.2, 0.25) is 10.0 Å². The van der Waals surface area contributed by atoms with Crippen molar-refractivity contribution >= 4 is 50.9 Å². The fraction of sp³-hybridized carbons (Fsp3) is 0.333. The normalized spacial score (nSPS) is 11.7. The molecular weight excluding hydrogens is 479 g/mol. The molecule has 8 heteroatoms. The van der Waals surface area contributed by atoms with Crippen molar-refractivity contribution in [2.24, 2.45) is 0 Å². The summed E-state index contributed by atoms with van der Waals surface area (Å²) in [6.07, 6.45) is 0. The number of nitrogens with one attached hydrogen (secondary N) is 1. The van der Waals surface area contributed by atoms with Crippen LogP contribution >= 0.6 is 39.1 Å². The van der Waals surface area contributed by atoms with E-state index in [1.807, 2.05) is 26.0 Å². The summed E-state index contributed by atoms with van der Waals surface area (Å²) in [5, 5.41) is 3.60. The van der Waals surface area contributed by atoms with Crippen molar-refractivity contribution in [1.82, 2.24) is 10.2 Å². The van der Waals surface area contributed by atoms with Crippen LogP contribution in [0.25, 0.3) is 0 Å². The number of aryl methyl sites for hydroxylation is 1. The third-order valence-corrected chi connectivity index (χ3v) is 6.00. The Labute approximate surface area is 189 Å². The molecule has 0 saturated carbocycles. The smallest absolute Gasteiger partial charge is 0.261 e. The second-order valence-corrected chi connectivity index (χ2v) is 8.16. The van der Waals surface area contributed by atoms with Crippen molar-refractivity contribution < 1.29 is 14.3 Å². The zero-order valence-corrected chi connectivity index (χ0v) is 19.6. The lowest BCUT2D eigenvalue weighted by Crippen LogP contribution is -2.49. The Kier molecular flexibility index (Phi) is 8.80. The van der Waals surface area contributed by atoms with Gasteiger partial charge in [0.2, 0.25) is 5.91 Å². The van der Waals surface area contributed by atoms with Crippen molar-refractivity contribution in [3.63, 3.8) is 0 Å². The molecule has 0 radical (unpaired) electrons. The van der Waals surface area contributed by atoms with Gasteiger partial charge in [0.25, 0.3) is 5.91 Å². The summed E-state index contributed by atoms with van der Waals surface area (Å²) in [5.74, 6) is -0.0377. The van der Waals surface area contributed by atoms with Crippen LogP contribution in [-0.4, -0.2) is 35.9 Å². The molecule has 2 rings (SSSR count). The number of amides is 2. The van der Waals surface area contributed by atoms with Gasteiger partial charge in [-0.1, -0.05) is 45.2 Å². The fourth-order valence-electron chi connectivity index (χ4n) is 2.69. The van der Waals surface area contributed by atoms with Gasteiger partial charge in [0, 0.05) is 33.2 Å². The van der Waals surface area contributed by atoms with Gasteiger partial charge >= 0.3 is 0 Å². The first kappa shape index (κ1) is 23.5. The topological polar surface area (TPSA) is 58.6 Å². The molecule has 1 atom stereocenters.